The molecule has 5 nitrogen and oxygen atoms in total. The van der Waals surface area contributed by atoms with Gasteiger partial charge in [-0.3, -0.25) is 0 Å². The maximum absolute atomic E-state index is 11.9. The summed E-state index contributed by atoms with van der Waals surface area (Å²) in [6, 6.07) is 1.77. The van der Waals surface area contributed by atoms with Crippen LogP contribution in [0.25, 0.3) is 0 Å². The van der Waals surface area contributed by atoms with E-state index >= 15 is 0 Å². The lowest BCUT2D eigenvalue weighted by atomic mass is 10.3. The van der Waals surface area contributed by atoms with Crippen LogP contribution in [0.3, 0.4) is 0 Å². The number of rotatable bonds is 5. The Morgan fingerprint density at radius 3 is 2.62 bits per heavy atom. The summed E-state index contributed by atoms with van der Waals surface area (Å²) in [5.74, 6) is 0.738. The molecule has 0 aliphatic rings. The van der Waals surface area contributed by atoms with Crippen molar-refractivity contribution in [1.82, 2.24) is 4.31 Å². The van der Waals surface area contributed by atoms with Gasteiger partial charge in [-0.25, -0.2) is 12.7 Å². The van der Waals surface area contributed by atoms with Gasteiger partial charge < -0.3 is 10.2 Å². The minimum atomic E-state index is -3.32. The molecule has 0 radical (unpaired) electrons. The molecule has 0 aliphatic carbocycles. The Labute approximate surface area is 96.3 Å². The van der Waals surface area contributed by atoms with Crippen LogP contribution < -0.4 is 5.73 Å². The van der Waals surface area contributed by atoms with E-state index in [-0.39, 0.29) is 6.54 Å². The molecule has 1 aromatic heterocycles. The van der Waals surface area contributed by atoms with E-state index in [1.807, 2.05) is 6.92 Å². The molecule has 6 heteroatoms. The minimum Gasteiger partial charge on any atom is -0.469 e. The average molecular weight is 246 g/mol. The largest absolute Gasteiger partial charge is 0.469 e. The van der Waals surface area contributed by atoms with E-state index in [4.69, 9.17) is 10.2 Å². The molecular weight excluding hydrogens is 228 g/mol. The first-order chi connectivity index (χ1) is 7.39. The van der Waals surface area contributed by atoms with Crippen molar-refractivity contribution in [2.75, 3.05) is 13.6 Å². The fourth-order valence-electron chi connectivity index (χ4n) is 1.33. The molecule has 0 aromatic carbocycles. The van der Waals surface area contributed by atoms with Crippen molar-refractivity contribution in [2.45, 2.75) is 25.6 Å². The van der Waals surface area contributed by atoms with Crippen molar-refractivity contribution in [3.05, 3.63) is 23.7 Å². The van der Waals surface area contributed by atoms with E-state index in [1.54, 1.807) is 26.3 Å². The van der Waals surface area contributed by atoms with E-state index in [0.29, 0.717) is 6.54 Å². The molecule has 92 valence electrons. The van der Waals surface area contributed by atoms with Crippen LogP contribution in [-0.4, -0.2) is 31.6 Å². The number of hydrogen-bond acceptors (Lipinski definition) is 4. The van der Waals surface area contributed by atoms with Gasteiger partial charge in [0.25, 0.3) is 0 Å². The van der Waals surface area contributed by atoms with Crippen molar-refractivity contribution < 1.29 is 12.8 Å². The van der Waals surface area contributed by atoms with Crippen molar-refractivity contribution in [3.63, 3.8) is 0 Å². The van der Waals surface area contributed by atoms with Gasteiger partial charge >= 0.3 is 0 Å². The van der Waals surface area contributed by atoms with Crippen LogP contribution in [0.5, 0.6) is 0 Å². The Bertz CT molecular complexity index is 439. The highest BCUT2D eigenvalue weighted by molar-refractivity contribution is 7.89. The highest BCUT2D eigenvalue weighted by Gasteiger charge is 2.25. The molecule has 0 saturated heterocycles. The third-order valence-electron chi connectivity index (χ3n) is 2.63. The van der Waals surface area contributed by atoms with Gasteiger partial charge in [-0.05, 0) is 19.9 Å². The molecule has 1 unspecified atom stereocenters. The first kappa shape index (κ1) is 13.2. The van der Waals surface area contributed by atoms with Crippen LogP contribution in [0.4, 0.5) is 0 Å². The molecule has 1 aromatic rings. The molecule has 1 heterocycles. The second-order valence-electron chi connectivity index (χ2n) is 3.85. The third kappa shape index (κ3) is 2.63. The molecule has 2 N–H and O–H groups in total. The van der Waals surface area contributed by atoms with E-state index < -0.39 is 15.3 Å². The second-order valence-corrected chi connectivity index (χ2v) is 6.31. The Hall–Kier alpha value is -0.850. The van der Waals surface area contributed by atoms with Crippen molar-refractivity contribution in [2.24, 2.45) is 5.73 Å². The smallest absolute Gasteiger partial charge is 0.218 e. The molecule has 0 saturated carbocycles. The Balaban J connectivity index is 2.80. The third-order valence-corrected chi connectivity index (χ3v) is 4.84. The molecule has 0 spiro atoms. The zero-order valence-corrected chi connectivity index (χ0v) is 10.6. The highest BCUT2D eigenvalue weighted by atomic mass is 32.2. The number of sulfonamides is 1. The molecule has 1 rings (SSSR count). The second kappa shape index (κ2) is 4.99. The van der Waals surface area contributed by atoms with Crippen LogP contribution >= 0.6 is 0 Å². The summed E-state index contributed by atoms with van der Waals surface area (Å²) in [5.41, 5.74) is 6.25. The first-order valence-electron chi connectivity index (χ1n) is 5.07. The quantitative estimate of drug-likeness (QED) is 0.829. The number of nitrogens with zero attached hydrogens (tertiary/aromatic N) is 1. The fourth-order valence-corrected chi connectivity index (χ4v) is 2.51. The highest BCUT2D eigenvalue weighted by Crippen LogP contribution is 2.15. The summed E-state index contributed by atoms with van der Waals surface area (Å²) >= 11 is 0. The summed E-state index contributed by atoms with van der Waals surface area (Å²) in [4.78, 5) is 0. The Morgan fingerprint density at radius 1 is 1.56 bits per heavy atom. The maximum Gasteiger partial charge on any atom is 0.218 e. The molecule has 1 atom stereocenters. The van der Waals surface area contributed by atoms with Gasteiger partial charge in [-0.1, -0.05) is 0 Å². The van der Waals surface area contributed by atoms with E-state index in [0.717, 1.165) is 11.3 Å². The number of aryl methyl sites for hydroxylation is 1. The lowest BCUT2D eigenvalue weighted by Gasteiger charge is -2.20. The van der Waals surface area contributed by atoms with Gasteiger partial charge in [-0.15, -0.1) is 0 Å². The van der Waals surface area contributed by atoms with E-state index in [9.17, 15) is 8.42 Å². The molecule has 0 amide bonds. The Morgan fingerprint density at radius 2 is 2.19 bits per heavy atom. The SMILES string of the molecule is Cc1occc1CN(C)S(=O)(=O)C(C)CN. The Kier molecular flexibility index (Phi) is 4.12. The van der Waals surface area contributed by atoms with Gasteiger partial charge in [0.1, 0.15) is 5.76 Å². The number of furan rings is 1. The maximum atomic E-state index is 11.9. The van der Waals surface area contributed by atoms with Crippen LogP contribution in [0.2, 0.25) is 0 Å². The van der Waals surface area contributed by atoms with Crippen molar-refractivity contribution in [1.29, 1.82) is 0 Å². The molecule has 0 bridgehead atoms. The zero-order chi connectivity index (χ0) is 12.3. The molecule has 16 heavy (non-hydrogen) atoms. The van der Waals surface area contributed by atoms with Gasteiger partial charge in [0.15, 0.2) is 0 Å². The number of hydrogen-bond donors (Lipinski definition) is 1. The van der Waals surface area contributed by atoms with Gasteiger partial charge in [0, 0.05) is 25.7 Å². The average Bonchev–Trinajstić information content (AvgIpc) is 2.63. The lowest BCUT2D eigenvalue weighted by molar-refractivity contribution is 0.451. The monoisotopic (exact) mass is 246 g/mol. The van der Waals surface area contributed by atoms with Crippen molar-refractivity contribution >= 4 is 10.0 Å². The van der Waals surface area contributed by atoms with Crippen LogP contribution in [0.15, 0.2) is 16.7 Å². The van der Waals surface area contributed by atoms with Gasteiger partial charge in [0.05, 0.1) is 11.5 Å². The summed E-state index contributed by atoms with van der Waals surface area (Å²) < 4.78 is 30.3. The standard InChI is InChI=1S/C10H18N2O3S/c1-8(6-11)16(13,14)12(3)7-10-4-5-15-9(10)2/h4-5,8H,6-7,11H2,1-3H3. The number of nitrogens with two attached hydrogens (primary N) is 1. The summed E-state index contributed by atoms with van der Waals surface area (Å²) in [6.07, 6.45) is 1.55. The lowest BCUT2D eigenvalue weighted by Crippen LogP contribution is -2.38. The van der Waals surface area contributed by atoms with Gasteiger partial charge in [-0.2, -0.15) is 0 Å². The zero-order valence-electron chi connectivity index (χ0n) is 9.80. The van der Waals surface area contributed by atoms with Gasteiger partial charge in [0.2, 0.25) is 10.0 Å². The van der Waals surface area contributed by atoms with Crippen LogP contribution in [0.1, 0.15) is 18.2 Å². The summed E-state index contributed by atoms with van der Waals surface area (Å²) in [5, 5.41) is -0.565. The summed E-state index contributed by atoms with van der Waals surface area (Å²) in [7, 11) is -1.77. The van der Waals surface area contributed by atoms with Crippen LogP contribution in [-0.2, 0) is 16.6 Å². The van der Waals surface area contributed by atoms with Crippen molar-refractivity contribution in [3.8, 4) is 0 Å². The fraction of sp³-hybridized carbons (Fsp3) is 0.600. The minimum absolute atomic E-state index is 0.122. The van der Waals surface area contributed by atoms with E-state index in [1.165, 1.54) is 4.31 Å². The van der Waals surface area contributed by atoms with Crippen LogP contribution in [0, 0.1) is 6.92 Å². The molecule has 0 fully saturated rings. The predicted octanol–water partition coefficient (Wildman–Crippen LogP) is 0.697. The molecule has 0 aliphatic heterocycles. The topological polar surface area (TPSA) is 76.5 Å². The summed E-state index contributed by atoms with van der Waals surface area (Å²) in [6.45, 7) is 3.85. The normalized spacial score (nSPS) is 14.3. The molecular formula is C10H18N2O3S. The first-order valence-corrected chi connectivity index (χ1v) is 6.58. The van der Waals surface area contributed by atoms with E-state index in [2.05, 4.69) is 0 Å². The predicted molar refractivity (Wildman–Crippen MR) is 62.3 cm³/mol.